The number of nitrogens with one attached hydrogen (secondary N) is 1. The second-order valence-electron chi connectivity index (χ2n) is 6.90. The minimum absolute atomic E-state index is 0.702. The third-order valence-corrected chi connectivity index (χ3v) is 5.55. The number of piperidine rings is 1. The maximum Gasteiger partial charge on any atom is 0.128 e. The van der Waals surface area contributed by atoms with Gasteiger partial charge in [0.1, 0.15) is 5.82 Å². The van der Waals surface area contributed by atoms with Gasteiger partial charge in [0.25, 0.3) is 0 Å². The highest BCUT2D eigenvalue weighted by atomic mass is 15.2. The summed E-state index contributed by atoms with van der Waals surface area (Å²) in [5.41, 5.74) is 0. The molecule has 1 aromatic rings. The first-order chi connectivity index (χ1) is 10.4. The Morgan fingerprint density at radius 1 is 1.14 bits per heavy atom. The molecule has 0 aromatic carbocycles. The van der Waals surface area contributed by atoms with Crippen LogP contribution in [0.3, 0.4) is 0 Å². The van der Waals surface area contributed by atoms with Gasteiger partial charge in [0.05, 0.1) is 0 Å². The first-order valence-electron chi connectivity index (χ1n) is 8.46. The summed E-state index contributed by atoms with van der Waals surface area (Å²) in [6.07, 6.45) is 12.1. The maximum atomic E-state index is 4.46. The van der Waals surface area contributed by atoms with Gasteiger partial charge in [-0.15, -0.1) is 0 Å². The van der Waals surface area contributed by atoms with Crippen LogP contribution in [0, 0.1) is 17.8 Å². The molecule has 3 unspecified atom stereocenters. The van der Waals surface area contributed by atoms with E-state index in [2.05, 4.69) is 39.5 Å². The molecule has 3 atom stereocenters. The molecule has 21 heavy (non-hydrogen) atoms. The zero-order chi connectivity index (χ0) is 14.1. The maximum absolute atomic E-state index is 4.46. The van der Waals surface area contributed by atoms with Crippen molar-refractivity contribution < 1.29 is 0 Å². The number of aromatic nitrogens is 1. The average Bonchev–Trinajstić information content (AvgIpc) is 3.17. The number of hydrogen-bond donors (Lipinski definition) is 1. The first-order valence-corrected chi connectivity index (χ1v) is 8.46. The molecule has 0 spiro atoms. The smallest absolute Gasteiger partial charge is 0.128 e. The fourth-order valence-corrected chi connectivity index (χ4v) is 4.30. The summed E-state index contributed by atoms with van der Waals surface area (Å²) in [7, 11) is 0. The molecule has 1 aliphatic heterocycles. The minimum Gasteiger partial charge on any atom is -0.357 e. The van der Waals surface area contributed by atoms with Gasteiger partial charge in [0.15, 0.2) is 0 Å². The molecule has 2 heterocycles. The van der Waals surface area contributed by atoms with Crippen LogP contribution in [0.15, 0.2) is 36.5 Å². The Morgan fingerprint density at radius 2 is 2.05 bits per heavy atom. The lowest BCUT2D eigenvalue weighted by Gasteiger charge is -2.34. The van der Waals surface area contributed by atoms with E-state index >= 15 is 0 Å². The molecule has 3 nitrogen and oxygen atoms in total. The van der Waals surface area contributed by atoms with Crippen LogP contribution in [-0.2, 0) is 0 Å². The SMILES string of the molecule is C1=CC2CC1CC2CNC1CCN(c2ccccn2)CC1. The zero-order valence-electron chi connectivity index (χ0n) is 12.6. The Balaban J connectivity index is 1.24. The number of pyridine rings is 1. The van der Waals surface area contributed by atoms with Crippen LogP contribution in [0.1, 0.15) is 25.7 Å². The third kappa shape index (κ3) is 2.84. The molecule has 2 fully saturated rings. The highest BCUT2D eigenvalue weighted by Gasteiger charge is 2.35. The van der Waals surface area contributed by atoms with Gasteiger partial charge in [-0.2, -0.15) is 0 Å². The lowest BCUT2D eigenvalue weighted by molar-refractivity contribution is 0.348. The van der Waals surface area contributed by atoms with Crippen molar-refractivity contribution in [2.45, 2.75) is 31.7 Å². The molecule has 112 valence electrons. The zero-order valence-corrected chi connectivity index (χ0v) is 12.6. The quantitative estimate of drug-likeness (QED) is 0.861. The molecule has 3 heteroatoms. The largest absolute Gasteiger partial charge is 0.357 e. The predicted octanol–water partition coefficient (Wildman–Crippen LogP) is 2.85. The van der Waals surface area contributed by atoms with Gasteiger partial charge in [-0.3, -0.25) is 0 Å². The van der Waals surface area contributed by atoms with Crippen LogP contribution < -0.4 is 10.2 Å². The van der Waals surface area contributed by atoms with Gasteiger partial charge in [-0.1, -0.05) is 18.2 Å². The number of fused-ring (bicyclic) bond motifs is 2. The molecule has 1 saturated heterocycles. The van der Waals surface area contributed by atoms with Crippen molar-refractivity contribution in [2.75, 3.05) is 24.5 Å². The molecule has 2 bridgehead atoms. The Labute approximate surface area is 127 Å². The van der Waals surface area contributed by atoms with Crippen molar-refractivity contribution in [3.8, 4) is 0 Å². The number of anilines is 1. The molecule has 1 N–H and O–H groups in total. The summed E-state index contributed by atoms with van der Waals surface area (Å²) in [5, 5.41) is 3.84. The van der Waals surface area contributed by atoms with Gasteiger partial charge in [0.2, 0.25) is 0 Å². The molecular weight excluding hydrogens is 258 g/mol. The van der Waals surface area contributed by atoms with E-state index in [1.807, 2.05) is 12.3 Å². The molecule has 0 amide bonds. The minimum atomic E-state index is 0.702. The Kier molecular flexibility index (Phi) is 3.68. The summed E-state index contributed by atoms with van der Waals surface area (Å²) >= 11 is 0. The van der Waals surface area contributed by atoms with Crippen molar-refractivity contribution in [3.05, 3.63) is 36.5 Å². The molecule has 0 radical (unpaired) electrons. The van der Waals surface area contributed by atoms with Gasteiger partial charge >= 0.3 is 0 Å². The van der Waals surface area contributed by atoms with Crippen LogP contribution in [0.4, 0.5) is 5.82 Å². The fourth-order valence-electron chi connectivity index (χ4n) is 4.30. The monoisotopic (exact) mass is 283 g/mol. The van der Waals surface area contributed by atoms with Gasteiger partial charge in [0, 0.05) is 25.3 Å². The first kappa shape index (κ1) is 13.3. The Morgan fingerprint density at radius 3 is 2.71 bits per heavy atom. The topological polar surface area (TPSA) is 28.2 Å². The highest BCUT2D eigenvalue weighted by Crippen LogP contribution is 2.43. The summed E-state index contributed by atoms with van der Waals surface area (Å²) in [6, 6.07) is 6.89. The van der Waals surface area contributed by atoms with Crippen molar-refractivity contribution in [2.24, 2.45) is 17.8 Å². The van der Waals surface area contributed by atoms with E-state index in [9.17, 15) is 0 Å². The molecular formula is C18H25N3. The van der Waals surface area contributed by atoms with Crippen molar-refractivity contribution >= 4 is 5.82 Å². The van der Waals surface area contributed by atoms with Crippen LogP contribution >= 0.6 is 0 Å². The summed E-state index contributed by atoms with van der Waals surface area (Å²) in [6.45, 7) is 3.48. The van der Waals surface area contributed by atoms with E-state index in [0.717, 1.165) is 36.7 Å². The normalized spacial score (nSPS) is 32.0. The Bertz CT molecular complexity index is 490. The van der Waals surface area contributed by atoms with E-state index in [0.29, 0.717) is 6.04 Å². The van der Waals surface area contributed by atoms with Gasteiger partial charge in [-0.05, 0) is 62.1 Å². The van der Waals surface area contributed by atoms with E-state index in [4.69, 9.17) is 0 Å². The van der Waals surface area contributed by atoms with Gasteiger partial charge in [-0.25, -0.2) is 4.98 Å². The predicted molar refractivity (Wildman–Crippen MR) is 86.3 cm³/mol. The van der Waals surface area contributed by atoms with Crippen molar-refractivity contribution in [3.63, 3.8) is 0 Å². The lowest BCUT2D eigenvalue weighted by atomic mass is 9.93. The van der Waals surface area contributed by atoms with E-state index in [1.54, 1.807) is 0 Å². The number of rotatable bonds is 4. The fraction of sp³-hybridized carbons (Fsp3) is 0.611. The lowest BCUT2D eigenvalue weighted by Crippen LogP contribution is -2.44. The van der Waals surface area contributed by atoms with E-state index in [-0.39, 0.29) is 0 Å². The van der Waals surface area contributed by atoms with Crippen LogP contribution in [0.25, 0.3) is 0 Å². The van der Waals surface area contributed by atoms with Crippen LogP contribution in [-0.4, -0.2) is 30.7 Å². The summed E-state index contributed by atoms with van der Waals surface area (Å²) in [4.78, 5) is 6.88. The second kappa shape index (κ2) is 5.80. The van der Waals surface area contributed by atoms with Crippen LogP contribution in [0.2, 0.25) is 0 Å². The van der Waals surface area contributed by atoms with Crippen molar-refractivity contribution in [1.82, 2.24) is 10.3 Å². The van der Waals surface area contributed by atoms with E-state index in [1.165, 1.54) is 32.2 Å². The molecule has 1 saturated carbocycles. The van der Waals surface area contributed by atoms with Crippen LogP contribution in [0.5, 0.6) is 0 Å². The molecule has 2 aliphatic carbocycles. The summed E-state index contributed by atoms with van der Waals surface area (Å²) in [5.74, 6) is 3.80. The third-order valence-electron chi connectivity index (χ3n) is 5.55. The Hall–Kier alpha value is -1.35. The molecule has 4 rings (SSSR count). The van der Waals surface area contributed by atoms with E-state index < -0.39 is 0 Å². The number of allylic oxidation sites excluding steroid dienone is 2. The van der Waals surface area contributed by atoms with Crippen molar-refractivity contribution in [1.29, 1.82) is 0 Å². The standard InChI is InChI=1S/C18H25N3/c1-2-8-19-18(3-1)21-9-6-17(7-10-21)20-13-16-12-14-4-5-15(16)11-14/h1-5,8,14-17,20H,6-7,9-13H2. The second-order valence-corrected chi connectivity index (χ2v) is 6.90. The molecule has 3 aliphatic rings. The highest BCUT2D eigenvalue weighted by molar-refractivity contribution is 5.38. The molecule has 1 aromatic heterocycles. The van der Waals surface area contributed by atoms with Gasteiger partial charge < -0.3 is 10.2 Å². The number of nitrogens with zero attached hydrogens (tertiary/aromatic N) is 2. The number of hydrogen-bond acceptors (Lipinski definition) is 3. The summed E-state index contributed by atoms with van der Waals surface area (Å²) < 4.78 is 0. The average molecular weight is 283 g/mol.